The number of carbonyl (C=O) groups is 1. The van der Waals surface area contributed by atoms with Crippen molar-refractivity contribution in [3.63, 3.8) is 0 Å². The first-order valence-electron chi connectivity index (χ1n) is 2.07. The summed E-state index contributed by atoms with van der Waals surface area (Å²) in [5.74, 6) is -1.06. The summed E-state index contributed by atoms with van der Waals surface area (Å²) in [5.41, 5.74) is 0. The van der Waals surface area contributed by atoms with E-state index in [1.54, 1.807) is 0 Å². The standard InChI is InChI=1S/C5H4O3.Ba.2H/c6-5(7)4-2-1-3-8-4;;;/h1-3H,(H,6,7);;;/q;+2;2*-1. The molecule has 0 unspecified atom stereocenters. The molecule has 1 aromatic rings. The van der Waals surface area contributed by atoms with Crippen LogP contribution in [0.2, 0.25) is 0 Å². The molecule has 0 fully saturated rings. The van der Waals surface area contributed by atoms with Gasteiger partial charge in [0.05, 0.1) is 6.26 Å². The Labute approximate surface area is 95.1 Å². The van der Waals surface area contributed by atoms with Gasteiger partial charge < -0.3 is 12.4 Å². The third-order valence-corrected chi connectivity index (χ3v) is 0.732. The Bertz CT molecular complexity index is 188. The second-order valence-electron chi connectivity index (χ2n) is 1.28. The largest absolute Gasteiger partial charge is 2.00 e. The Morgan fingerprint density at radius 3 is 2.67 bits per heavy atom. The molecule has 1 rings (SSSR count). The van der Waals surface area contributed by atoms with Crippen molar-refractivity contribution in [1.82, 2.24) is 0 Å². The van der Waals surface area contributed by atoms with Crippen LogP contribution in [0, 0.1) is 0 Å². The van der Waals surface area contributed by atoms with E-state index in [0.717, 1.165) is 0 Å². The van der Waals surface area contributed by atoms with Gasteiger partial charge in [-0.2, -0.15) is 0 Å². The SMILES string of the molecule is O=C(O)c1ccco1.[Ba+2].[H-].[H-]. The van der Waals surface area contributed by atoms with Gasteiger partial charge in [-0.3, -0.25) is 0 Å². The van der Waals surface area contributed by atoms with Crippen LogP contribution in [0.15, 0.2) is 22.8 Å². The average Bonchev–Trinajstić information content (AvgIpc) is 2.12. The minimum absolute atomic E-state index is 0. The van der Waals surface area contributed by atoms with Gasteiger partial charge in [-0.1, -0.05) is 0 Å². The molecule has 1 N–H and O–H groups in total. The molecule has 1 heterocycles. The molecule has 9 heavy (non-hydrogen) atoms. The van der Waals surface area contributed by atoms with Gasteiger partial charge in [0.2, 0.25) is 5.76 Å². The molecule has 0 saturated heterocycles. The van der Waals surface area contributed by atoms with Crippen molar-refractivity contribution in [3.05, 3.63) is 24.2 Å². The predicted octanol–water partition coefficient (Wildman–Crippen LogP) is 0.822. The maximum atomic E-state index is 9.97. The fourth-order valence-corrected chi connectivity index (χ4v) is 0.400. The summed E-state index contributed by atoms with van der Waals surface area (Å²) in [6.45, 7) is 0. The number of hydrogen-bond acceptors (Lipinski definition) is 2. The van der Waals surface area contributed by atoms with Crippen LogP contribution >= 0.6 is 0 Å². The zero-order valence-corrected chi connectivity index (χ0v) is 9.14. The zero-order valence-electron chi connectivity index (χ0n) is 6.70. The van der Waals surface area contributed by atoms with Crippen LogP contribution in [0.3, 0.4) is 0 Å². The molecule has 0 saturated carbocycles. The third-order valence-electron chi connectivity index (χ3n) is 0.732. The van der Waals surface area contributed by atoms with E-state index in [1.165, 1.54) is 18.4 Å². The van der Waals surface area contributed by atoms with Gasteiger partial charge in [-0.25, -0.2) is 4.79 Å². The van der Waals surface area contributed by atoms with Crippen molar-refractivity contribution >= 4 is 54.9 Å². The first-order chi connectivity index (χ1) is 3.80. The van der Waals surface area contributed by atoms with Gasteiger partial charge in [0.1, 0.15) is 0 Å². The molecule has 0 radical (unpaired) electrons. The Morgan fingerprint density at radius 1 is 1.78 bits per heavy atom. The van der Waals surface area contributed by atoms with Gasteiger partial charge >= 0.3 is 54.9 Å². The van der Waals surface area contributed by atoms with Crippen molar-refractivity contribution in [2.75, 3.05) is 0 Å². The average molecular weight is 251 g/mol. The summed E-state index contributed by atoms with van der Waals surface area (Å²) in [6.07, 6.45) is 1.32. The zero-order chi connectivity index (χ0) is 5.98. The number of aromatic carboxylic acids is 1. The summed E-state index contributed by atoms with van der Waals surface area (Å²) in [5, 5.41) is 8.18. The maximum Gasteiger partial charge on any atom is 2.00 e. The van der Waals surface area contributed by atoms with Gasteiger partial charge in [0.25, 0.3) is 0 Å². The molecular formula is C5H6BaO3. The van der Waals surface area contributed by atoms with E-state index < -0.39 is 5.97 Å². The van der Waals surface area contributed by atoms with Crippen LogP contribution < -0.4 is 0 Å². The first-order valence-corrected chi connectivity index (χ1v) is 2.07. The number of rotatable bonds is 1. The van der Waals surface area contributed by atoms with Gasteiger partial charge in [0, 0.05) is 0 Å². The molecule has 0 spiro atoms. The fraction of sp³-hybridized carbons (Fsp3) is 0. The van der Waals surface area contributed by atoms with Crippen molar-refractivity contribution in [2.45, 2.75) is 0 Å². The predicted molar refractivity (Wildman–Crippen MR) is 33.6 cm³/mol. The molecule has 3 nitrogen and oxygen atoms in total. The summed E-state index contributed by atoms with van der Waals surface area (Å²) in [4.78, 5) is 9.97. The molecule has 46 valence electrons. The minimum Gasteiger partial charge on any atom is -1.00 e. The molecule has 0 aliphatic heterocycles. The third kappa shape index (κ3) is 2.59. The summed E-state index contributed by atoms with van der Waals surface area (Å²) in [7, 11) is 0. The molecular weight excluding hydrogens is 245 g/mol. The molecule has 0 aliphatic rings. The normalized spacial score (nSPS) is 8.00. The Hall–Kier alpha value is 0.321. The van der Waals surface area contributed by atoms with Crippen LogP contribution in [-0.4, -0.2) is 60.0 Å². The number of carboxylic acids is 1. The second kappa shape index (κ2) is 4.19. The van der Waals surface area contributed by atoms with Gasteiger partial charge in [0.15, 0.2) is 0 Å². The smallest absolute Gasteiger partial charge is 1.00 e. The van der Waals surface area contributed by atoms with E-state index in [9.17, 15) is 4.79 Å². The van der Waals surface area contributed by atoms with Crippen LogP contribution in [0.4, 0.5) is 0 Å². The minimum atomic E-state index is -1.03. The monoisotopic (exact) mass is 252 g/mol. The maximum absolute atomic E-state index is 9.97. The van der Waals surface area contributed by atoms with Crippen molar-refractivity contribution < 1.29 is 17.2 Å². The van der Waals surface area contributed by atoms with Crippen LogP contribution in [0.1, 0.15) is 13.4 Å². The Balaban J connectivity index is -0.000000213. The van der Waals surface area contributed by atoms with E-state index >= 15 is 0 Å². The molecule has 0 aromatic carbocycles. The van der Waals surface area contributed by atoms with Crippen LogP contribution in [0.25, 0.3) is 0 Å². The first kappa shape index (κ1) is 9.32. The molecule has 0 aliphatic carbocycles. The van der Waals surface area contributed by atoms with Crippen molar-refractivity contribution in [2.24, 2.45) is 0 Å². The fourth-order valence-electron chi connectivity index (χ4n) is 0.400. The van der Waals surface area contributed by atoms with E-state index in [4.69, 9.17) is 5.11 Å². The summed E-state index contributed by atoms with van der Waals surface area (Å²) < 4.78 is 4.50. The number of hydrogen-bond donors (Lipinski definition) is 1. The molecule has 4 heteroatoms. The van der Waals surface area contributed by atoms with Gasteiger partial charge in [-0.05, 0) is 12.1 Å². The number of furan rings is 1. The Kier molecular flexibility index (Phi) is 4.34. The van der Waals surface area contributed by atoms with E-state index in [1.807, 2.05) is 0 Å². The molecule has 1 aromatic heterocycles. The topological polar surface area (TPSA) is 50.4 Å². The van der Waals surface area contributed by atoms with Crippen molar-refractivity contribution in [3.8, 4) is 0 Å². The number of carboxylic acid groups (broad SMARTS) is 1. The second-order valence-corrected chi connectivity index (χ2v) is 1.28. The summed E-state index contributed by atoms with van der Waals surface area (Å²) >= 11 is 0. The molecule has 0 atom stereocenters. The van der Waals surface area contributed by atoms with Crippen molar-refractivity contribution in [1.29, 1.82) is 0 Å². The molecule has 0 bridgehead atoms. The van der Waals surface area contributed by atoms with Gasteiger partial charge in [-0.15, -0.1) is 0 Å². The van der Waals surface area contributed by atoms with Crippen LogP contribution in [-0.2, 0) is 0 Å². The quantitative estimate of drug-likeness (QED) is 0.752. The van der Waals surface area contributed by atoms with E-state index in [0.29, 0.717) is 0 Å². The Morgan fingerprint density at radius 2 is 2.44 bits per heavy atom. The van der Waals surface area contributed by atoms with Crippen LogP contribution in [0.5, 0.6) is 0 Å². The molecule has 0 amide bonds. The summed E-state index contributed by atoms with van der Waals surface area (Å²) in [6, 6.07) is 2.92. The van der Waals surface area contributed by atoms with E-state index in [2.05, 4.69) is 4.42 Å². The van der Waals surface area contributed by atoms with E-state index in [-0.39, 0.29) is 57.5 Å².